The smallest absolute Gasteiger partial charge is 0.822 e. The normalized spacial score (nSPS) is 10.3. The molecular formula is C24H50K3O5P. The van der Waals surface area contributed by atoms with Crippen LogP contribution >= 0.6 is 7.82 Å². The molecule has 0 atom stereocenters. The third-order valence-electron chi connectivity index (χ3n) is 5.28. The zero-order chi connectivity index (χ0) is 22.8. The SMILES string of the molecule is CCCCCCCCCCCCOCCCCCCCCCCCC.O=P([O-])([O-])[O-].[K+].[K+].[K+]. The van der Waals surface area contributed by atoms with Crippen LogP contribution in [0.2, 0.25) is 0 Å². The van der Waals surface area contributed by atoms with Crippen LogP contribution in [0, 0.1) is 0 Å². The van der Waals surface area contributed by atoms with Crippen molar-refractivity contribution in [2.24, 2.45) is 0 Å². The standard InChI is InChI=1S/C24H50O.3K.H3O4P/c1-3-5-7-9-11-13-15-17-19-21-23-25-24-22-20-18-16-14-12-10-8-6-4-2;;;;1-5(2,3)4/h3-24H2,1-2H3;;;;(H3,1,2,3,4)/q;3*+1;/p-3. The predicted octanol–water partition coefficient (Wildman–Crippen LogP) is -2.97. The van der Waals surface area contributed by atoms with E-state index in [1.54, 1.807) is 0 Å². The van der Waals surface area contributed by atoms with Gasteiger partial charge in [-0.05, 0) is 12.8 Å². The quantitative estimate of drug-likeness (QED) is 0.0793. The van der Waals surface area contributed by atoms with Crippen molar-refractivity contribution >= 4 is 7.82 Å². The van der Waals surface area contributed by atoms with Crippen molar-refractivity contribution in [1.29, 1.82) is 0 Å². The fourth-order valence-corrected chi connectivity index (χ4v) is 3.49. The Morgan fingerprint density at radius 1 is 0.455 bits per heavy atom. The van der Waals surface area contributed by atoms with E-state index in [-0.39, 0.29) is 154 Å². The number of hydrogen-bond donors (Lipinski definition) is 0. The predicted molar refractivity (Wildman–Crippen MR) is 122 cm³/mol. The maximum absolute atomic E-state index is 8.55. The van der Waals surface area contributed by atoms with Crippen LogP contribution in [-0.4, -0.2) is 13.2 Å². The average molecular weight is 567 g/mol. The maximum atomic E-state index is 8.55. The summed E-state index contributed by atoms with van der Waals surface area (Å²) in [7, 11) is -5.39. The molecule has 9 heteroatoms. The zero-order valence-electron chi connectivity index (χ0n) is 23.0. The van der Waals surface area contributed by atoms with Crippen molar-refractivity contribution < 1.29 is 178 Å². The molecule has 0 N–H and O–H groups in total. The van der Waals surface area contributed by atoms with Gasteiger partial charge in [0.15, 0.2) is 0 Å². The van der Waals surface area contributed by atoms with E-state index in [4.69, 9.17) is 24.0 Å². The molecule has 0 saturated heterocycles. The van der Waals surface area contributed by atoms with Crippen LogP contribution in [-0.2, 0) is 9.30 Å². The van der Waals surface area contributed by atoms with E-state index in [0.717, 1.165) is 13.2 Å². The largest absolute Gasteiger partial charge is 1.00 e. The van der Waals surface area contributed by atoms with Gasteiger partial charge in [0, 0.05) is 13.2 Å². The van der Waals surface area contributed by atoms with Crippen LogP contribution in [0.1, 0.15) is 142 Å². The molecule has 0 fully saturated rings. The Kier molecular flexibility index (Phi) is 60.0. The van der Waals surface area contributed by atoms with E-state index in [1.165, 1.54) is 128 Å². The van der Waals surface area contributed by atoms with Gasteiger partial charge >= 0.3 is 154 Å². The van der Waals surface area contributed by atoms with Gasteiger partial charge in [-0.3, -0.25) is 0 Å². The summed E-state index contributed by atoms with van der Waals surface area (Å²) >= 11 is 0. The van der Waals surface area contributed by atoms with E-state index < -0.39 is 7.82 Å². The van der Waals surface area contributed by atoms with E-state index >= 15 is 0 Å². The zero-order valence-corrected chi connectivity index (χ0v) is 33.3. The summed E-state index contributed by atoms with van der Waals surface area (Å²) in [6, 6.07) is 0. The summed E-state index contributed by atoms with van der Waals surface area (Å²) in [5, 5.41) is 0. The molecule has 0 rings (SSSR count). The van der Waals surface area contributed by atoms with Crippen LogP contribution in [0.15, 0.2) is 0 Å². The number of phosphoric acid groups is 1. The topological polar surface area (TPSA) is 95.5 Å². The van der Waals surface area contributed by atoms with Crippen molar-refractivity contribution in [2.45, 2.75) is 142 Å². The molecular weight excluding hydrogens is 517 g/mol. The summed E-state index contributed by atoms with van der Waals surface area (Å²) < 4.78 is 14.3. The van der Waals surface area contributed by atoms with Crippen molar-refractivity contribution in [2.75, 3.05) is 13.2 Å². The number of ether oxygens (including phenoxy) is 1. The molecule has 0 spiro atoms. The van der Waals surface area contributed by atoms with E-state index in [1.807, 2.05) is 0 Å². The third kappa shape index (κ3) is 62.2. The molecule has 0 heterocycles. The van der Waals surface area contributed by atoms with Gasteiger partial charge in [-0.1, -0.05) is 129 Å². The molecule has 0 unspecified atom stereocenters. The first-order valence-electron chi connectivity index (χ1n) is 12.7. The Morgan fingerprint density at radius 2 is 0.636 bits per heavy atom. The Hall–Kier alpha value is 4.98. The van der Waals surface area contributed by atoms with Gasteiger partial charge in [-0.15, -0.1) is 0 Å². The molecule has 0 amide bonds. The molecule has 5 nitrogen and oxygen atoms in total. The molecule has 0 aromatic heterocycles. The fraction of sp³-hybridized carbons (Fsp3) is 1.00. The van der Waals surface area contributed by atoms with Crippen molar-refractivity contribution in [3.8, 4) is 0 Å². The van der Waals surface area contributed by atoms with Crippen LogP contribution in [0.4, 0.5) is 0 Å². The first-order valence-corrected chi connectivity index (χ1v) is 14.2. The van der Waals surface area contributed by atoms with E-state index in [0.29, 0.717) is 0 Å². The fourth-order valence-electron chi connectivity index (χ4n) is 3.49. The van der Waals surface area contributed by atoms with Gasteiger partial charge in [-0.2, -0.15) is 7.82 Å². The van der Waals surface area contributed by atoms with Gasteiger partial charge in [0.2, 0.25) is 0 Å². The van der Waals surface area contributed by atoms with Crippen molar-refractivity contribution in [3.05, 3.63) is 0 Å². The Balaban J connectivity index is -0.000000293. The average Bonchev–Trinajstić information content (AvgIpc) is 2.68. The van der Waals surface area contributed by atoms with Gasteiger partial charge in [-0.25, -0.2) is 0 Å². The molecule has 0 radical (unpaired) electrons. The van der Waals surface area contributed by atoms with Gasteiger partial charge in [0.25, 0.3) is 0 Å². The van der Waals surface area contributed by atoms with Gasteiger partial charge < -0.3 is 24.0 Å². The monoisotopic (exact) mass is 566 g/mol. The summed E-state index contributed by atoms with van der Waals surface area (Å²) in [6.07, 6.45) is 28.2. The Bertz CT molecular complexity index is 331. The first-order chi connectivity index (χ1) is 14.4. The molecule has 0 aromatic rings. The minimum Gasteiger partial charge on any atom is -0.822 e. The second kappa shape index (κ2) is 41.5. The number of rotatable bonds is 22. The van der Waals surface area contributed by atoms with Crippen LogP contribution in [0.5, 0.6) is 0 Å². The molecule has 184 valence electrons. The number of unbranched alkanes of at least 4 members (excludes halogenated alkanes) is 18. The van der Waals surface area contributed by atoms with Crippen molar-refractivity contribution in [1.82, 2.24) is 0 Å². The minimum atomic E-state index is -5.39. The van der Waals surface area contributed by atoms with Crippen LogP contribution in [0.3, 0.4) is 0 Å². The molecule has 0 aliphatic heterocycles. The summed E-state index contributed by atoms with van der Waals surface area (Å²) in [4.78, 5) is 25.6. The molecule has 0 bridgehead atoms. The summed E-state index contributed by atoms with van der Waals surface area (Å²) in [5.74, 6) is 0. The van der Waals surface area contributed by atoms with E-state index in [9.17, 15) is 0 Å². The van der Waals surface area contributed by atoms with E-state index in [2.05, 4.69) is 13.8 Å². The molecule has 0 aliphatic rings. The Labute approximate surface area is 334 Å². The molecule has 0 saturated carbocycles. The molecule has 0 aliphatic carbocycles. The summed E-state index contributed by atoms with van der Waals surface area (Å²) in [5.41, 5.74) is 0. The second-order valence-electron chi connectivity index (χ2n) is 8.42. The van der Waals surface area contributed by atoms with Gasteiger partial charge in [0.05, 0.1) is 0 Å². The molecule has 33 heavy (non-hydrogen) atoms. The maximum Gasteiger partial charge on any atom is 1.00 e. The molecule has 0 aromatic carbocycles. The number of hydrogen-bond acceptors (Lipinski definition) is 5. The second-order valence-corrected chi connectivity index (χ2v) is 9.32. The van der Waals surface area contributed by atoms with Crippen molar-refractivity contribution in [3.63, 3.8) is 0 Å². The Morgan fingerprint density at radius 3 is 0.848 bits per heavy atom. The third-order valence-corrected chi connectivity index (χ3v) is 5.28. The summed E-state index contributed by atoms with van der Waals surface area (Å²) in [6.45, 7) is 6.57. The van der Waals surface area contributed by atoms with Crippen LogP contribution < -0.4 is 169 Å². The van der Waals surface area contributed by atoms with Gasteiger partial charge in [0.1, 0.15) is 0 Å². The minimum absolute atomic E-state index is 0. The first kappa shape index (κ1) is 47.8. The van der Waals surface area contributed by atoms with Crippen LogP contribution in [0.25, 0.3) is 0 Å².